The van der Waals surface area contributed by atoms with E-state index in [1.54, 1.807) is 0 Å². The van der Waals surface area contributed by atoms with Crippen LogP contribution in [0.5, 0.6) is 0 Å². The van der Waals surface area contributed by atoms with Gasteiger partial charge in [-0.25, -0.2) is 0 Å². The van der Waals surface area contributed by atoms with Gasteiger partial charge in [-0.05, 0) is 35.0 Å². The average Bonchev–Trinajstić information content (AvgIpc) is 2.43. The summed E-state index contributed by atoms with van der Waals surface area (Å²) in [5, 5.41) is 0.493. The molecule has 0 heterocycles. The number of hydrogen-bond donors (Lipinski definition) is 0. The maximum Gasteiger partial charge on any atom is 0.0428 e. The Balaban J connectivity index is 2.16. The van der Waals surface area contributed by atoms with Gasteiger partial charge in [0, 0.05) is 5.38 Å². The Morgan fingerprint density at radius 3 is 2.00 bits per heavy atom. The van der Waals surface area contributed by atoms with Crippen LogP contribution < -0.4 is 0 Å². The molecule has 0 amide bonds. The maximum absolute atomic E-state index is 6.42. The Kier molecular flexibility index (Phi) is 0.854. The molecule has 0 aromatic carbocycles. The van der Waals surface area contributed by atoms with Gasteiger partial charge in [0.2, 0.25) is 0 Å². The molecule has 0 aromatic rings. The summed E-state index contributed by atoms with van der Waals surface area (Å²) in [6, 6.07) is 0. The highest BCUT2D eigenvalue weighted by Gasteiger charge is 2.81. The van der Waals surface area contributed by atoms with Crippen LogP contribution in [0.2, 0.25) is 0 Å². The molecule has 62 valence electrons. The van der Waals surface area contributed by atoms with Crippen molar-refractivity contribution in [3.63, 3.8) is 0 Å². The number of halogens is 1. The highest BCUT2D eigenvalue weighted by Crippen LogP contribution is 2.84. The van der Waals surface area contributed by atoms with Gasteiger partial charge in [0.05, 0.1) is 0 Å². The van der Waals surface area contributed by atoms with Crippen molar-refractivity contribution in [1.82, 2.24) is 0 Å². The molecule has 0 aliphatic heterocycles. The van der Waals surface area contributed by atoms with E-state index in [2.05, 4.69) is 20.8 Å². The number of hydrogen-bond acceptors (Lipinski definition) is 0. The van der Waals surface area contributed by atoms with E-state index in [4.69, 9.17) is 11.6 Å². The number of alkyl halides is 1. The third kappa shape index (κ3) is 0.436. The number of rotatable bonds is 0. The van der Waals surface area contributed by atoms with Gasteiger partial charge in [0.15, 0.2) is 0 Å². The topological polar surface area (TPSA) is 0 Å². The van der Waals surface area contributed by atoms with Crippen LogP contribution in [0.25, 0.3) is 0 Å². The summed E-state index contributed by atoms with van der Waals surface area (Å²) in [6.07, 6.45) is 1.41. The standard InChI is InChI=1S/C10H15Cl/c1-9(2)7-5-4-10(9,3)8(11)6(5)7/h5-8H,4H2,1-3H3. The van der Waals surface area contributed by atoms with E-state index in [1.165, 1.54) is 6.42 Å². The highest BCUT2D eigenvalue weighted by molar-refractivity contribution is 6.22. The fourth-order valence-corrected chi connectivity index (χ4v) is 4.82. The van der Waals surface area contributed by atoms with Gasteiger partial charge in [-0.3, -0.25) is 0 Å². The summed E-state index contributed by atoms with van der Waals surface area (Å²) < 4.78 is 0. The zero-order valence-electron chi connectivity index (χ0n) is 7.39. The average molecular weight is 171 g/mol. The van der Waals surface area contributed by atoms with E-state index in [1.807, 2.05) is 0 Å². The van der Waals surface area contributed by atoms with E-state index in [9.17, 15) is 0 Å². The van der Waals surface area contributed by atoms with Crippen LogP contribution >= 0.6 is 11.6 Å². The first kappa shape index (κ1) is 6.77. The summed E-state index contributed by atoms with van der Waals surface area (Å²) in [4.78, 5) is 0. The van der Waals surface area contributed by atoms with Crippen LogP contribution in [0.15, 0.2) is 0 Å². The molecule has 0 aromatic heterocycles. The summed E-state index contributed by atoms with van der Waals surface area (Å²) in [6.45, 7) is 7.23. The van der Waals surface area contributed by atoms with E-state index in [0.29, 0.717) is 16.2 Å². The molecule has 4 aliphatic carbocycles. The van der Waals surface area contributed by atoms with Crippen molar-refractivity contribution in [2.75, 3.05) is 0 Å². The van der Waals surface area contributed by atoms with E-state index in [-0.39, 0.29) is 0 Å². The van der Waals surface area contributed by atoms with E-state index in [0.717, 1.165) is 17.8 Å². The first-order valence-corrected chi connectivity index (χ1v) is 5.08. The van der Waals surface area contributed by atoms with Crippen molar-refractivity contribution >= 4 is 11.6 Å². The van der Waals surface area contributed by atoms with Crippen molar-refractivity contribution in [2.24, 2.45) is 28.6 Å². The van der Waals surface area contributed by atoms with Crippen LogP contribution in [0.1, 0.15) is 27.2 Å². The molecule has 0 nitrogen and oxygen atoms in total. The molecule has 4 rings (SSSR count). The largest absolute Gasteiger partial charge is 0.122 e. The molecule has 4 aliphatic rings. The predicted molar refractivity (Wildman–Crippen MR) is 46.6 cm³/mol. The van der Waals surface area contributed by atoms with Crippen LogP contribution in [0, 0.1) is 28.6 Å². The fourth-order valence-electron chi connectivity index (χ4n) is 4.11. The minimum atomic E-state index is 0.467. The molecule has 0 N–H and O–H groups in total. The molecule has 4 saturated carbocycles. The minimum Gasteiger partial charge on any atom is -0.122 e. The van der Waals surface area contributed by atoms with Gasteiger partial charge in [-0.1, -0.05) is 20.8 Å². The molecule has 0 saturated heterocycles. The Morgan fingerprint density at radius 1 is 1.27 bits per heavy atom. The second kappa shape index (κ2) is 1.39. The lowest BCUT2D eigenvalue weighted by Gasteiger charge is -2.36. The Labute approximate surface area is 73.3 Å². The van der Waals surface area contributed by atoms with E-state index < -0.39 is 0 Å². The van der Waals surface area contributed by atoms with Crippen molar-refractivity contribution in [2.45, 2.75) is 32.6 Å². The molecule has 0 radical (unpaired) electrons. The second-order valence-corrected chi connectivity index (χ2v) is 5.98. The Hall–Kier alpha value is 0.290. The Bertz CT molecular complexity index is 231. The molecule has 5 atom stereocenters. The van der Waals surface area contributed by atoms with Crippen LogP contribution in [0.3, 0.4) is 0 Å². The summed E-state index contributed by atoms with van der Waals surface area (Å²) in [5.41, 5.74) is 1.00. The third-order valence-corrected chi connectivity index (χ3v) is 5.91. The van der Waals surface area contributed by atoms with Crippen LogP contribution in [0.4, 0.5) is 0 Å². The van der Waals surface area contributed by atoms with Crippen LogP contribution in [-0.2, 0) is 0 Å². The molecular weight excluding hydrogens is 156 g/mol. The molecule has 4 fully saturated rings. The quantitative estimate of drug-likeness (QED) is 0.491. The highest BCUT2D eigenvalue weighted by atomic mass is 35.5. The Morgan fingerprint density at radius 2 is 1.91 bits per heavy atom. The molecule has 4 bridgehead atoms. The minimum absolute atomic E-state index is 0.467. The SMILES string of the molecule is CC1(C)C2C3CC1(C)C(Cl)C32. The lowest BCUT2D eigenvalue weighted by molar-refractivity contribution is 0.155. The van der Waals surface area contributed by atoms with Gasteiger partial charge in [-0.15, -0.1) is 11.6 Å². The molecular formula is C10H15Cl. The van der Waals surface area contributed by atoms with Crippen molar-refractivity contribution < 1.29 is 0 Å². The first-order chi connectivity index (χ1) is 5.00. The molecule has 0 spiro atoms. The first-order valence-electron chi connectivity index (χ1n) is 4.64. The van der Waals surface area contributed by atoms with Gasteiger partial charge in [0.25, 0.3) is 0 Å². The normalized spacial score (nSPS) is 68.7. The van der Waals surface area contributed by atoms with Crippen molar-refractivity contribution in [1.29, 1.82) is 0 Å². The smallest absolute Gasteiger partial charge is 0.0428 e. The summed E-state index contributed by atoms with van der Waals surface area (Å²) in [7, 11) is 0. The van der Waals surface area contributed by atoms with Gasteiger partial charge < -0.3 is 0 Å². The third-order valence-electron chi connectivity index (χ3n) is 5.14. The van der Waals surface area contributed by atoms with Crippen LogP contribution in [-0.4, -0.2) is 5.38 Å². The lowest BCUT2D eigenvalue weighted by Crippen LogP contribution is -2.32. The van der Waals surface area contributed by atoms with Gasteiger partial charge >= 0.3 is 0 Å². The summed E-state index contributed by atoms with van der Waals surface area (Å²) >= 11 is 6.42. The van der Waals surface area contributed by atoms with Gasteiger partial charge in [-0.2, -0.15) is 0 Å². The molecule has 5 unspecified atom stereocenters. The predicted octanol–water partition coefficient (Wildman–Crippen LogP) is 2.91. The maximum atomic E-state index is 6.42. The summed E-state index contributed by atoms with van der Waals surface area (Å²) in [5.74, 6) is 2.89. The van der Waals surface area contributed by atoms with Crippen molar-refractivity contribution in [3.05, 3.63) is 0 Å². The molecule has 1 heteroatoms. The van der Waals surface area contributed by atoms with Crippen molar-refractivity contribution in [3.8, 4) is 0 Å². The lowest BCUT2D eigenvalue weighted by atomic mass is 9.71. The van der Waals surface area contributed by atoms with Gasteiger partial charge in [0.1, 0.15) is 0 Å². The van der Waals surface area contributed by atoms with E-state index >= 15 is 0 Å². The molecule has 11 heavy (non-hydrogen) atoms. The fraction of sp³-hybridized carbons (Fsp3) is 1.00. The monoisotopic (exact) mass is 170 g/mol. The zero-order valence-corrected chi connectivity index (χ0v) is 8.15. The zero-order chi connectivity index (χ0) is 8.02. The second-order valence-electron chi connectivity index (χ2n) is 5.51.